The highest BCUT2D eigenvalue weighted by Crippen LogP contribution is 2.30. The Morgan fingerprint density at radius 1 is 0.833 bits per heavy atom. The number of nitrogens with one attached hydrogen (secondary N) is 1. The molecule has 0 unspecified atom stereocenters. The third-order valence-corrected chi connectivity index (χ3v) is 11.3. The number of sulfonamides is 1. The van der Waals surface area contributed by atoms with Crippen LogP contribution in [0.3, 0.4) is 0 Å². The van der Waals surface area contributed by atoms with Crippen LogP contribution < -0.4 is 9.62 Å². The predicted molar refractivity (Wildman–Crippen MR) is 193 cm³/mol. The number of nitrogens with zero attached hydrogens (tertiary/aromatic N) is 2. The maximum atomic E-state index is 14.7. The highest BCUT2D eigenvalue weighted by atomic mass is 35.5. The molecule has 1 N–H and O–H groups in total. The summed E-state index contributed by atoms with van der Waals surface area (Å²) in [5.41, 5.74) is 2.38. The fourth-order valence-electron chi connectivity index (χ4n) is 5.95. The van der Waals surface area contributed by atoms with E-state index in [-0.39, 0.29) is 35.5 Å². The minimum atomic E-state index is -4.26. The summed E-state index contributed by atoms with van der Waals surface area (Å²) >= 11 is 19.6. The van der Waals surface area contributed by atoms with Crippen LogP contribution in [0.25, 0.3) is 0 Å². The topological polar surface area (TPSA) is 86.8 Å². The maximum Gasteiger partial charge on any atom is 0.264 e. The fourth-order valence-corrected chi connectivity index (χ4v) is 8.06. The summed E-state index contributed by atoms with van der Waals surface area (Å²) in [5.74, 6) is -0.931. The molecular weight excluding hydrogens is 689 g/mol. The molecular formula is C37H38Cl3N3O4S. The van der Waals surface area contributed by atoms with Gasteiger partial charge in [0.25, 0.3) is 10.0 Å². The van der Waals surface area contributed by atoms with Crippen molar-refractivity contribution in [1.82, 2.24) is 10.2 Å². The number of rotatable bonds is 12. The molecule has 48 heavy (non-hydrogen) atoms. The van der Waals surface area contributed by atoms with Crippen molar-refractivity contribution >= 4 is 62.3 Å². The number of halogens is 3. The molecule has 1 aliphatic rings. The third-order valence-electron chi connectivity index (χ3n) is 8.60. The van der Waals surface area contributed by atoms with E-state index in [9.17, 15) is 18.0 Å². The Morgan fingerprint density at radius 2 is 1.48 bits per heavy atom. The first-order valence-corrected chi connectivity index (χ1v) is 18.5. The van der Waals surface area contributed by atoms with Gasteiger partial charge in [0.15, 0.2) is 0 Å². The first-order chi connectivity index (χ1) is 23.0. The van der Waals surface area contributed by atoms with Gasteiger partial charge >= 0.3 is 0 Å². The molecule has 252 valence electrons. The van der Waals surface area contributed by atoms with Gasteiger partial charge in [0.05, 0.1) is 10.6 Å². The Hall–Kier alpha value is -3.56. The van der Waals surface area contributed by atoms with Crippen LogP contribution in [-0.4, -0.2) is 43.8 Å². The van der Waals surface area contributed by atoms with Crippen molar-refractivity contribution in [1.29, 1.82) is 0 Å². The Kier molecular flexibility index (Phi) is 12.1. The van der Waals surface area contributed by atoms with E-state index in [2.05, 4.69) is 5.32 Å². The van der Waals surface area contributed by atoms with Gasteiger partial charge < -0.3 is 10.2 Å². The predicted octanol–water partition coefficient (Wildman–Crippen LogP) is 8.24. The van der Waals surface area contributed by atoms with Crippen molar-refractivity contribution in [2.45, 2.75) is 69.0 Å². The molecule has 1 atom stereocenters. The minimum absolute atomic E-state index is 0.0115. The summed E-state index contributed by atoms with van der Waals surface area (Å²) < 4.78 is 29.5. The average molecular weight is 727 g/mol. The molecule has 2 amide bonds. The number of aryl methyl sites for hydroxylation is 1. The van der Waals surface area contributed by atoms with E-state index in [1.54, 1.807) is 48.5 Å². The van der Waals surface area contributed by atoms with E-state index in [1.807, 2.05) is 37.3 Å². The smallest absolute Gasteiger partial charge is 0.264 e. The first kappa shape index (κ1) is 35.7. The Labute approximate surface area is 297 Å². The summed E-state index contributed by atoms with van der Waals surface area (Å²) in [7, 11) is -4.26. The highest BCUT2D eigenvalue weighted by molar-refractivity contribution is 7.92. The SMILES string of the molecule is Cc1ccc(S(=O)(=O)N(CC(=O)N(Cc2c(Cl)cccc2Cl)[C@H](Cc2ccccc2)C(=O)NC2CCCCC2)c2cccc(Cl)c2)cc1. The lowest BCUT2D eigenvalue weighted by Gasteiger charge is -2.35. The molecule has 11 heteroatoms. The first-order valence-electron chi connectivity index (χ1n) is 15.9. The molecule has 0 bridgehead atoms. The van der Waals surface area contributed by atoms with Gasteiger partial charge in [0.2, 0.25) is 11.8 Å². The molecule has 0 aliphatic heterocycles. The second-order valence-corrected chi connectivity index (χ2v) is 15.2. The van der Waals surface area contributed by atoms with Crippen molar-refractivity contribution in [3.63, 3.8) is 0 Å². The van der Waals surface area contributed by atoms with E-state index >= 15 is 0 Å². The normalized spacial score (nSPS) is 14.2. The highest BCUT2D eigenvalue weighted by Gasteiger charge is 2.36. The van der Waals surface area contributed by atoms with Gasteiger partial charge in [-0.05, 0) is 67.8 Å². The van der Waals surface area contributed by atoms with Crippen molar-refractivity contribution in [2.75, 3.05) is 10.8 Å². The van der Waals surface area contributed by atoms with Gasteiger partial charge in [-0.25, -0.2) is 8.42 Å². The number of hydrogen-bond acceptors (Lipinski definition) is 4. The van der Waals surface area contributed by atoms with Crippen LogP contribution in [-0.2, 0) is 32.6 Å². The zero-order chi connectivity index (χ0) is 34.3. The summed E-state index contributed by atoms with van der Waals surface area (Å²) in [5, 5.41) is 4.15. The standard InChI is InChI=1S/C37H38Cl3N3O4S/c1-26-18-20-31(21-19-26)48(46,47)43(30-15-8-12-28(38)23-30)25-36(44)42(24-32-33(39)16-9-17-34(32)40)35(22-27-10-4-2-5-11-27)37(45)41-29-13-6-3-7-14-29/h2,4-5,8-12,15-21,23,29,35H,3,6-7,13-14,22,24-25H2,1H3,(H,41,45)/t35-/m1/s1. The molecule has 4 aromatic rings. The van der Waals surface area contributed by atoms with Gasteiger partial charge in [0, 0.05) is 39.6 Å². The van der Waals surface area contributed by atoms with E-state index in [1.165, 1.54) is 23.1 Å². The molecule has 0 saturated heterocycles. The molecule has 0 radical (unpaired) electrons. The van der Waals surface area contributed by atoms with Crippen molar-refractivity contribution < 1.29 is 18.0 Å². The molecule has 0 aromatic heterocycles. The molecule has 0 spiro atoms. The number of carbonyl (C=O) groups is 2. The van der Waals surface area contributed by atoms with Gasteiger partial charge in [-0.2, -0.15) is 0 Å². The lowest BCUT2D eigenvalue weighted by atomic mass is 9.94. The van der Waals surface area contributed by atoms with Crippen LogP contribution in [0.15, 0.2) is 102 Å². The fraction of sp³-hybridized carbons (Fsp3) is 0.297. The molecule has 1 aliphatic carbocycles. The number of hydrogen-bond donors (Lipinski definition) is 1. The number of anilines is 1. The zero-order valence-corrected chi connectivity index (χ0v) is 29.7. The summed E-state index contributed by atoms with van der Waals surface area (Å²) in [6.45, 7) is 1.12. The van der Waals surface area contributed by atoms with Gasteiger partial charge in [-0.15, -0.1) is 0 Å². The van der Waals surface area contributed by atoms with E-state index in [0.717, 1.165) is 47.5 Å². The maximum absolute atomic E-state index is 14.7. The van der Waals surface area contributed by atoms with Gasteiger partial charge in [-0.1, -0.05) is 114 Å². The quantitative estimate of drug-likeness (QED) is 0.159. The lowest BCUT2D eigenvalue weighted by molar-refractivity contribution is -0.140. The second-order valence-electron chi connectivity index (χ2n) is 12.1. The largest absolute Gasteiger partial charge is 0.352 e. The minimum Gasteiger partial charge on any atom is -0.352 e. The van der Waals surface area contributed by atoms with Crippen molar-refractivity contribution in [2.24, 2.45) is 0 Å². The molecule has 1 saturated carbocycles. The van der Waals surface area contributed by atoms with E-state index < -0.39 is 28.5 Å². The number of amides is 2. The molecule has 1 fully saturated rings. The molecule has 7 nitrogen and oxygen atoms in total. The van der Waals surface area contributed by atoms with E-state index in [4.69, 9.17) is 34.8 Å². The third kappa shape index (κ3) is 8.91. The van der Waals surface area contributed by atoms with Crippen molar-refractivity contribution in [3.8, 4) is 0 Å². The lowest BCUT2D eigenvalue weighted by Crippen LogP contribution is -2.55. The summed E-state index contributed by atoms with van der Waals surface area (Å²) in [4.78, 5) is 30.4. The molecule has 4 aromatic carbocycles. The van der Waals surface area contributed by atoms with Crippen LogP contribution in [0.5, 0.6) is 0 Å². The molecule has 5 rings (SSSR count). The Morgan fingerprint density at radius 3 is 2.12 bits per heavy atom. The zero-order valence-electron chi connectivity index (χ0n) is 26.6. The van der Waals surface area contributed by atoms with Crippen LogP contribution in [0.2, 0.25) is 15.1 Å². The second kappa shape index (κ2) is 16.2. The van der Waals surface area contributed by atoms with Gasteiger partial charge in [0.1, 0.15) is 12.6 Å². The summed E-state index contributed by atoms with van der Waals surface area (Å²) in [6, 6.07) is 26.2. The monoisotopic (exact) mass is 725 g/mol. The van der Waals surface area contributed by atoms with Gasteiger partial charge in [-0.3, -0.25) is 13.9 Å². The van der Waals surface area contributed by atoms with Crippen LogP contribution in [0.4, 0.5) is 5.69 Å². The average Bonchev–Trinajstić information content (AvgIpc) is 3.07. The van der Waals surface area contributed by atoms with Crippen LogP contribution in [0.1, 0.15) is 48.8 Å². The van der Waals surface area contributed by atoms with Crippen molar-refractivity contribution in [3.05, 3.63) is 129 Å². The molecule has 0 heterocycles. The van der Waals surface area contributed by atoms with Crippen LogP contribution >= 0.6 is 34.8 Å². The van der Waals surface area contributed by atoms with Crippen LogP contribution in [0, 0.1) is 6.92 Å². The Bertz CT molecular complexity index is 1810. The Balaban J connectivity index is 1.59. The number of carbonyl (C=O) groups excluding carboxylic acids is 2. The number of benzene rings is 4. The summed E-state index contributed by atoms with van der Waals surface area (Å²) in [6.07, 6.45) is 5.03. The van der Waals surface area contributed by atoms with E-state index in [0.29, 0.717) is 20.6 Å².